The Morgan fingerprint density at radius 3 is 2.58 bits per heavy atom. The number of rotatable bonds is 1. The summed E-state index contributed by atoms with van der Waals surface area (Å²) < 4.78 is 0. The van der Waals surface area contributed by atoms with Crippen molar-refractivity contribution in [3.63, 3.8) is 0 Å². The van der Waals surface area contributed by atoms with Crippen LogP contribution in [0.15, 0.2) is 36.4 Å². The molecule has 0 bridgehead atoms. The van der Waals surface area contributed by atoms with Crippen molar-refractivity contribution in [2.45, 2.75) is 19.3 Å². The summed E-state index contributed by atoms with van der Waals surface area (Å²) in [5, 5.41) is 8.78. The summed E-state index contributed by atoms with van der Waals surface area (Å²) in [5.74, 6) is 0.136. The predicted octanol–water partition coefficient (Wildman–Crippen LogP) is 3.14. The molecule has 0 spiro atoms. The van der Waals surface area contributed by atoms with Crippen molar-refractivity contribution in [3.8, 4) is 17.3 Å². The van der Waals surface area contributed by atoms with E-state index in [-0.39, 0.29) is 5.78 Å². The molecule has 1 aromatic carbocycles. The first-order chi connectivity index (χ1) is 9.28. The molecular formula is C16H12N2O. The minimum Gasteiger partial charge on any atom is -0.292 e. The number of pyridine rings is 1. The number of nitriles is 1. The van der Waals surface area contributed by atoms with Gasteiger partial charge in [-0.25, -0.2) is 4.98 Å². The van der Waals surface area contributed by atoms with Crippen molar-refractivity contribution in [2.24, 2.45) is 0 Å². The van der Waals surface area contributed by atoms with Gasteiger partial charge in [0.2, 0.25) is 0 Å². The van der Waals surface area contributed by atoms with Crippen LogP contribution < -0.4 is 0 Å². The Morgan fingerprint density at radius 2 is 1.84 bits per heavy atom. The van der Waals surface area contributed by atoms with E-state index in [1.807, 2.05) is 24.3 Å². The number of aromatic nitrogens is 1. The molecule has 1 aliphatic carbocycles. The predicted molar refractivity (Wildman–Crippen MR) is 71.7 cm³/mol. The molecule has 1 heterocycles. The van der Waals surface area contributed by atoms with E-state index in [1.54, 1.807) is 12.1 Å². The Kier molecular flexibility index (Phi) is 2.85. The Balaban J connectivity index is 2.03. The molecule has 0 fully saturated rings. The largest absolute Gasteiger partial charge is 0.292 e. The molecule has 0 aliphatic heterocycles. The third kappa shape index (κ3) is 2.13. The van der Waals surface area contributed by atoms with E-state index in [2.05, 4.69) is 11.1 Å². The van der Waals surface area contributed by atoms with Gasteiger partial charge in [-0.2, -0.15) is 5.26 Å². The monoisotopic (exact) mass is 248 g/mol. The fourth-order valence-electron chi connectivity index (χ4n) is 2.37. The van der Waals surface area contributed by atoms with Crippen molar-refractivity contribution in [1.29, 1.82) is 5.26 Å². The summed E-state index contributed by atoms with van der Waals surface area (Å²) in [7, 11) is 0. The van der Waals surface area contributed by atoms with E-state index in [0.717, 1.165) is 29.7 Å². The van der Waals surface area contributed by atoms with Gasteiger partial charge >= 0.3 is 0 Å². The summed E-state index contributed by atoms with van der Waals surface area (Å²) in [4.78, 5) is 16.4. The van der Waals surface area contributed by atoms with Gasteiger partial charge < -0.3 is 0 Å². The fraction of sp³-hybridized carbons (Fsp3) is 0.188. The van der Waals surface area contributed by atoms with Crippen LogP contribution >= 0.6 is 0 Å². The van der Waals surface area contributed by atoms with Crippen molar-refractivity contribution >= 4 is 5.78 Å². The van der Waals surface area contributed by atoms with Gasteiger partial charge in [0.15, 0.2) is 5.78 Å². The SMILES string of the molecule is N#Cc1ccc(-c2ccc3c(n2)C(=O)CCC3)cc1. The maximum Gasteiger partial charge on any atom is 0.181 e. The zero-order valence-corrected chi connectivity index (χ0v) is 10.4. The highest BCUT2D eigenvalue weighted by molar-refractivity contribution is 5.97. The Bertz CT molecular complexity index is 681. The second kappa shape index (κ2) is 4.66. The van der Waals surface area contributed by atoms with Gasteiger partial charge in [-0.3, -0.25) is 4.79 Å². The molecule has 92 valence electrons. The lowest BCUT2D eigenvalue weighted by Crippen LogP contribution is -2.13. The quantitative estimate of drug-likeness (QED) is 0.779. The number of fused-ring (bicyclic) bond motifs is 1. The summed E-state index contributed by atoms with van der Waals surface area (Å²) in [6.45, 7) is 0. The standard InChI is InChI=1S/C16H12N2O/c17-10-11-4-6-12(7-5-11)14-9-8-13-2-1-3-15(19)16(13)18-14/h4-9H,1-3H2. The lowest BCUT2D eigenvalue weighted by atomic mass is 9.94. The molecule has 1 aliphatic rings. The van der Waals surface area contributed by atoms with E-state index < -0.39 is 0 Å². The molecular weight excluding hydrogens is 236 g/mol. The molecule has 3 heteroatoms. The van der Waals surface area contributed by atoms with Gasteiger partial charge in [-0.1, -0.05) is 18.2 Å². The van der Waals surface area contributed by atoms with Crippen LogP contribution in [0.2, 0.25) is 0 Å². The smallest absolute Gasteiger partial charge is 0.181 e. The second-order valence-corrected chi connectivity index (χ2v) is 4.67. The van der Waals surface area contributed by atoms with Gasteiger partial charge in [0.1, 0.15) is 5.69 Å². The van der Waals surface area contributed by atoms with E-state index in [4.69, 9.17) is 5.26 Å². The van der Waals surface area contributed by atoms with Gasteiger partial charge in [0, 0.05) is 12.0 Å². The van der Waals surface area contributed by atoms with Crippen LogP contribution in [0.3, 0.4) is 0 Å². The number of Topliss-reactive ketones (excluding diaryl/α,β-unsaturated/α-hetero) is 1. The Morgan fingerprint density at radius 1 is 1.05 bits per heavy atom. The first-order valence-corrected chi connectivity index (χ1v) is 6.31. The zero-order chi connectivity index (χ0) is 13.2. The third-order valence-electron chi connectivity index (χ3n) is 3.40. The van der Waals surface area contributed by atoms with Crippen molar-refractivity contribution in [3.05, 3.63) is 53.2 Å². The van der Waals surface area contributed by atoms with E-state index in [9.17, 15) is 4.79 Å². The number of nitrogens with zero attached hydrogens (tertiary/aromatic N) is 2. The van der Waals surface area contributed by atoms with Gasteiger partial charge in [-0.05, 0) is 36.6 Å². The van der Waals surface area contributed by atoms with Crippen molar-refractivity contribution in [2.75, 3.05) is 0 Å². The fourth-order valence-corrected chi connectivity index (χ4v) is 2.37. The molecule has 0 saturated heterocycles. The minimum absolute atomic E-state index is 0.136. The number of carbonyl (C=O) groups excluding carboxylic acids is 1. The van der Waals surface area contributed by atoms with Crippen molar-refractivity contribution in [1.82, 2.24) is 4.98 Å². The Labute approximate surface area is 111 Å². The third-order valence-corrected chi connectivity index (χ3v) is 3.40. The first kappa shape index (κ1) is 11.6. The zero-order valence-electron chi connectivity index (χ0n) is 10.4. The van der Waals surface area contributed by atoms with Crippen LogP contribution in [0.1, 0.15) is 34.5 Å². The molecule has 2 aromatic rings. The Hall–Kier alpha value is -2.47. The van der Waals surface area contributed by atoms with Crippen LogP contribution in [-0.4, -0.2) is 10.8 Å². The van der Waals surface area contributed by atoms with Crippen LogP contribution in [0.4, 0.5) is 0 Å². The lowest BCUT2D eigenvalue weighted by Gasteiger charge is -2.14. The second-order valence-electron chi connectivity index (χ2n) is 4.67. The van der Waals surface area contributed by atoms with Crippen molar-refractivity contribution < 1.29 is 4.79 Å². The topological polar surface area (TPSA) is 53.8 Å². The average molecular weight is 248 g/mol. The van der Waals surface area contributed by atoms with Crippen LogP contribution in [-0.2, 0) is 6.42 Å². The molecule has 0 unspecified atom stereocenters. The molecule has 19 heavy (non-hydrogen) atoms. The van der Waals surface area contributed by atoms with Crippen LogP contribution in [0.25, 0.3) is 11.3 Å². The first-order valence-electron chi connectivity index (χ1n) is 6.31. The lowest BCUT2D eigenvalue weighted by molar-refractivity contribution is 0.0967. The average Bonchev–Trinajstić information content (AvgIpc) is 2.47. The van der Waals surface area contributed by atoms with Crippen LogP contribution in [0.5, 0.6) is 0 Å². The number of ketones is 1. The maximum atomic E-state index is 11.9. The summed E-state index contributed by atoms with van der Waals surface area (Å²) in [6.07, 6.45) is 2.45. The minimum atomic E-state index is 0.136. The molecule has 0 amide bonds. The summed E-state index contributed by atoms with van der Waals surface area (Å²) in [6, 6.07) is 13.3. The number of carbonyl (C=O) groups is 1. The molecule has 0 radical (unpaired) electrons. The van der Waals surface area contributed by atoms with Gasteiger partial charge in [0.25, 0.3) is 0 Å². The van der Waals surface area contributed by atoms with Crippen LogP contribution in [0, 0.1) is 11.3 Å². The van der Waals surface area contributed by atoms with E-state index >= 15 is 0 Å². The number of benzene rings is 1. The highest BCUT2D eigenvalue weighted by Gasteiger charge is 2.19. The highest BCUT2D eigenvalue weighted by atomic mass is 16.1. The summed E-state index contributed by atoms with van der Waals surface area (Å²) >= 11 is 0. The molecule has 0 saturated carbocycles. The number of hydrogen-bond donors (Lipinski definition) is 0. The van der Waals surface area contributed by atoms with Gasteiger partial charge in [0.05, 0.1) is 17.3 Å². The normalized spacial score (nSPS) is 13.7. The van der Waals surface area contributed by atoms with E-state index in [0.29, 0.717) is 17.7 Å². The van der Waals surface area contributed by atoms with E-state index in [1.165, 1.54) is 0 Å². The molecule has 0 N–H and O–H groups in total. The maximum absolute atomic E-state index is 11.9. The number of hydrogen-bond acceptors (Lipinski definition) is 3. The molecule has 0 atom stereocenters. The van der Waals surface area contributed by atoms with Gasteiger partial charge in [-0.15, -0.1) is 0 Å². The molecule has 3 rings (SSSR count). The highest BCUT2D eigenvalue weighted by Crippen LogP contribution is 2.24. The number of aryl methyl sites for hydroxylation is 1. The molecule has 3 nitrogen and oxygen atoms in total. The molecule has 1 aromatic heterocycles. The summed E-state index contributed by atoms with van der Waals surface area (Å²) in [5.41, 5.74) is 4.01.